The fraction of sp³-hybridized carbons (Fsp3) is 0.500. The average molecular weight is 365 g/mol. The first-order valence-electron chi connectivity index (χ1n) is 9.70. The van der Waals surface area contributed by atoms with Gasteiger partial charge in [0.05, 0.1) is 23.6 Å². The van der Waals surface area contributed by atoms with Crippen LogP contribution in [-0.4, -0.2) is 37.7 Å². The minimum absolute atomic E-state index is 0.329. The van der Waals surface area contributed by atoms with Gasteiger partial charge in [0, 0.05) is 23.5 Å². The van der Waals surface area contributed by atoms with Gasteiger partial charge in [-0.3, -0.25) is 4.99 Å². The molecule has 0 spiro atoms. The zero-order chi connectivity index (χ0) is 19.0. The van der Waals surface area contributed by atoms with Crippen molar-refractivity contribution in [2.75, 3.05) is 0 Å². The number of nitrogens with one attached hydrogen (secondary N) is 1. The van der Waals surface area contributed by atoms with E-state index >= 15 is 0 Å². The van der Waals surface area contributed by atoms with Crippen LogP contribution >= 0.6 is 0 Å². The number of imidazole rings is 1. The third-order valence-corrected chi connectivity index (χ3v) is 5.35. The Hall–Kier alpha value is -2.70. The molecule has 3 aromatic heterocycles. The molecule has 4 rings (SSSR count). The van der Waals surface area contributed by atoms with Gasteiger partial charge in [0.15, 0.2) is 0 Å². The summed E-state index contributed by atoms with van der Waals surface area (Å²) < 4.78 is 2.47. The molecule has 27 heavy (non-hydrogen) atoms. The van der Waals surface area contributed by atoms with E-state index in [9.17, 15) is 0 Å². The second-order valence-electron chi connectivity index (χ2n) is 7.72. The number of rotatable bonds is 4. The predicted molar refractivity (Wildman–Crippen MR) is 111 cm³/mol. The molecule has 3 N–H and O–H groups in total. The monoisotopic (exact) mass is 365 g/mol. The van der Waals surface area contributed by atoms with Crippen LogP contribution in [0.1, 0.15) is 64.2 Å². The van der Waals surface area contributed by atoms with Crippen LogP contribution in [0.25, 0.3) is 22.1 Å². The molecule has 0 bridgehead atoms. The third kappa shape index (κ3) is 3.34. The van der Waals surface area contributed by atoms with Gasteiger partial charge >= 0.3 is 0 Å². The Bertz CT molecular complexity index is 996. The van der Waals surface area contributed by atoms with Crippen molar-refractivity contribution in [3.05, 3.63) is 24.3 Å². The van der Waals surface area contributed by atoms with E-state index in [0.717, 1.165) is 48.1 Å². The van der Waals surface area contributed by atoms with Crippen molar-refractivity contribution >= 4 is 34.2 Å². The summed E-state index contributed by atoms with van der Waals surface area (Å²) in [6.07, 6.45) is 9.74. The van der Waals surface area contributed by atoms with Gasteiger partial charge in [0.2, 0.25) is 0 Å². The summed E-state index contributed by atoms with van der Waals surface area (Å²) in [6.45, 7) is 6.20. The molecule has 0 amide bonds. The molecule has 0 aromatic carbocycles. The molecule has 1 fully saturated rings. The Kier molecular flexibility index (Phi) is 4.68. The van der Waals surface area contributed by atoms with Crippen LogP contribution in [0.3, 0.4) is 0 Å². The molecular formula is C20H27N7. The highest BCUT2D eigenvalue weighted by Crippen LogP contribution is 2.37. The van der Waals surface area contributed by atoms with Crippen LogP contribution in [0.2, 0.25) is 0 Å². The van der Waals surface area contributed by atoms with Crippen molar-refractivity contribution in [1.29, 1.82) is 0 Å². The van der Waals surface area contributed by atoms with Gasteiger partial charge in [-0.05, 0) is 38.7 Å². The first-order chi connectivity index (χ1) is 13.0. The van der Waals surface area contributed by atoms with Gasteiger partial charge in [0.25, 0.3) is 0 Å². The summed E-state index contributed by atoms with van der Waals surface area (Å²) in [5.74, 6) is 2.06. The molecule has 0 radical (unpaired) electrons. The van der Waals surface area contributed by atoms with E-state index in [2.05, 4.69) is 44.4 Å². The smallest absolute Gasteiger partial charge is 0.139 e. The number of aromatic amines is 1. The number of pyridine rings is 1. The lowest BCUT2D eigenvalue weighted by atomic mass is 9.91. The SMILES string of the molecule is CC(N)=NC=NC1CCC(n2c(C(C)C)nc3cnc4[nH]ccc4c32)CC1. The Balaban J connectivity index is 1.67. The number of nitrogens with zero attached hydrogens (tertiary/aromatic N) is 5. The molecule has 7 heteroatoms. The largest absolute Gasteiger partial charge is 0.387 e. The summed E-state index contributed by atoms with van der Waals surface area (Å²) in [4.78, 5) is 21.3. The van der Waals surface area contributed by atoms with Crippen LogP contribution in [0.4, 0.5) is 0 Å². The highest BCUT2D eigenvalue weighted by molar-refractivity contribution is 6.01. The quantitative estimate of drug-likeness (QED) is 0.541. The molecule has 1 aliphatic carbocycles. The molecule has 0 unspecified atom stereocenters. The fourth-order valence-electron chi connectivity index (χ4n) is 4.07. The zero-order valence-corrected chi connectivity index (χ0v) is 16.2. The third-order valence-electron chi connectivity index (χ3n) is 5.35. The molecule has 142 valence electrons. The van der Waals surface area contributed by atoms with Gasteiger partial charge in [0.1, 0.15) is 23.3 Å². The molecule has 0 aliphatic heterocycles. The average Bonchev–Trinajstić information content (AvgIpc) is 3.26. The number of aliphatic imine (C=N–C) groups is 2. The molecular weight excluding hydrogens is 338 g/mol. The normalized spacial score (nSPS) is 21.9. The first kappa shape index (κ1) is 17.7. The Labute approximate surface area is 158 Å². The Morgan fingerprint density at radius 1 is 1.33 bits per heavy atom. The van der Waals surface area contributed by atoms with Gasteiger partial charge in [-0.25, -0.2) is 15.0 Å². The minimum Gasteiger partial charge on any atom is -0.387 e. The van der Waals surface area contributed by atoms with E-state index in [1.165, 1.54) is 5.52 Å². The molecule has 7 nitrogen and oxygen atoms in total. The topological polar surface area (TPSA) is 97.2 Å². The number of fused-ring (bicyclic) bond motifs is 3. The van der Waals surface area contributed by atoms with E-state index in [1.807, 2.05) is 12.4 Å². The van der Waals surface area contributed by atoms with Crippen molar-refractivity contribution in [3.63, 3.8) is 0 Å². The fourth-order valence-corrected chi connectivity index (χ4v) is 4.07. The van der Waals surface area contributed by atoms with E-state index < -0.39 is 0 Å². The molecule has 1 aliphatic rings. The maximum atomic E-state index is 5.57. The maximum absolute atomic E-state index is 5.57. The summed E-state index contributed by atoms with van der Waals surface area (Å²) >= 11 is 0. The number of aromatic nitrogens is 4. The van der Waals surface area contributed by atoms with Crippen molar-refractivity contribution in [1.82, 2.24) is 19.5 Å². The minimum atomic E-state index is 0.329. The summed E-state index contributed by atoms with van der Waals surface area (Å²) in [7, 11) is 0. The number of amidine groups is 1. The van der Waals surface area contributed by atoms with Crippen molar-refractivity contribution < 1.29 is 0 Å². The number of H-pyrrole nitrogens is 1. The molecule has 3 aromatic rings. The maximum Gasteiger partial charge on any atom is 0.139 e. The number of hydrogen-bond acceptors (Lipinski definition) is 3. The molecule has 0 atom stereocenters. The number of hydrogen-bond donors (Lipinski definition) is 2. The standard InChI is InChI=1S/C20H27N7/c1-12(2)20-26-17-10-23-19-16(8-9-22-19)18(17)27(20)15-6-4-14(5-7-15)25-11-24-13(3)21/h8-12,14-15H,4-7H2,1-3H3,(H,22,23)(H2,21,24,25). The van der Waals surface area contributed by atoms with E-state index in [0.29, 0.717) is 23.8 Å². The summed E-state index contributed by atoms with van der Waals surface area (Å²) in [5, 5.41) is 1.15. The van der Waals surface area contributed by atoms with Crippen molar-refractivity contribution in [2.24, 2.45) is 15.7 Å². The molecule has 0 saturated heterocycles. The number of nitrogens with two attached hydrogens (primary N) is 1. The second-order valence-corrected chi connectivity index (χ2v) is 7.72. The lowest BCUT2D eigenvalue weighted by Crippen LogP contribution is -2.22. The predicted octanol–water partition coefficient (Wildman–Crippen LogP) is 3.93. The van der Waals surface area contributed by atoms with Gasteiger partial charge in [-0.2, -0.15) is 0 Å². The van der Waals surface area contributed by atoms with Gasteiger partial charge < -0.3 is 15.3 Å². The first-order valence-corrected chi connectivity index (χ1v) is 9.70. The Morgan fingerprint density at radius 3 is 2.81 bits per heavy atom. The van der Waals surface area contributed by atoms with Crippen molar-refractivity contribution in [2.45, 2.75) is 64.5 Å². The molecule has 1 saturated carbocycles. The van der Waals surface area contributed by atoms with Crippen molar-refractivity contribution in [3.8, 4) is 0 Å². The summed E-state index contributed by atoms with van der Waals surface area (Å²) in [5.41, 5.74) is 8.69. The van der Waals surface area contributed by atoms with Crippen LogP contribution in [0.5, 0.6) is 0 Å². The van der Waals surface area contributed by atoms with E-state index in [-0.39, 0.29) is 0 Å². The summed E-state index contributed by atoms with van der Waals surface area (Å²) in [6, 6.07) is 2.88. The van der Waals surface area contributed by atoms with Gasteiger partial charge in [-0.15, -0.1) is 0 Å². The van der Waals surface area contributed by atoms with Crippen LogP contribution in [-0.2, 0) is 0 Å². The Morgan fingerprint density at radius 2 is 2.11 bits per heavy atom. The van der Waals surface area contributed by atoms with Crippen LogP contribution in [0.15, 0.2) is 28.4 Å². The van der Waals surface area contributed by atoms with Crippen LogP contribution < -0.4 is 5.73 Å². The highest BCUT2D eigenvalue weighted by atomic mass is 15.1. The zero-order valence-electron chi connectivity index (χ0n) is 16.2. The second kappa shape index (κ2) is 7.13. The van der Waals surface area contributed by atoms with Crippen LogP contribution in [0, 0.1) is 0 Å². The molecule has 3 heterocycles. The lowest BCUT2D eigenvalue weighted by molar-refractivity contribution is 0.323. The lowest BCUT2D eigenvalue weighted by Gasteiger charge is -2.29. The van der Waals surface area contributed by atoms with E-state index in [4.69, 9.17) is 10.7 Å². The van der Waals surface area contributed by atoms with Gasteiger partial charge in [-0.1, -0.05) is 13.8 Å². The van der Waals surface area contributed by atoms with E-state index in [1.54, 1.807) is 13.3 Å². The highest BCUT2D eigenvalue weighted by Gasteiger charge is 2.27.